The maximum Gasteiger partial charge on any atom is -0.0114 e. The Balaban J connectivity index is 0.000000438. The number of hydrogen-bond acceptors (Lipinski definition) is 0. The van der Waals surface area contributed by atoms with Gasteiger partial charge in [-0.25, -0.2) is 0 Å². The Morgan fingerprint density at radius 3 is 1.90 bits per heavy atom. The van der Waals surface area contributed by atoms with Gasteiger partial charge in [0.1, 0.15) is 0 Å². The fourth-order valence-electron chi connectivity index (χ4n) is 3.90. The first-order valence-corrected chi connectivity index (χ1v) is 11.7. The van der Waals surface area contributed by atoms with Gasteiger partial charge in [0.2, 0.25) is 0 Å². The first kappa shape index (κ1) is 23.5. The molecule has 1 aliphatic carbocycles. The molecule has 0 spiro atoms. The molecule has 2 aromatic carbocycles. The molecule has 0 aromatic heterocycles. The topological polar surface area (TPSA) is 0 Å². The standard InChI is InChI=1S/C23H28.C6H14/c1-4-8-20(9-5-2)23-21-11-7-6-10-18(21)14-15-19-13-12-17(3)16-22(19)23;1-5-6(2,3)4/h6-7,10-13,16H,4-5,8-9,14-15H2,1-3H3;5H2,1-4H3. The largest absolute Gasteiger partial charge is 0.0651 e. The first-order chi connectivity index (χ1) is 13.8. The monoisotopic (exact) mass is 390 g/mol. The Morgan fingerprint density at radius 2 is 1.34 bits per heavy atom. The van der Waals surface area contributed by atoms with Crippen LogP contribution in [0.25, 0.3) is 5.57 Å². The summed E-state index contributed by atoms with van der Waals surface area (Å²) in [7, 11) is 0. The van der Waals surface area contributed by atoms with E-state index in [2.05, 4.69) is 90.9 Å². The molecule has 3 rings (SSSR count). The zero-order valence-electron chi connectivity index (χ0n) is 20.0. The molecule has 0 bridgehead atoms. The molecule has 0 fully saturated rings. The maximum atomic E-state index is 2.41. The van der Waals surface area contributed by atoms with E-state index < -0.39 is 0 Å². The molecule has 0 unspecified atom stereocenters. The summed E-state index contributed by atoms with van der Waals surface area (Å²) in [5.74, 6) is 0. The van der Waals surface area contributed by atoms with Crippen LogP contribution in [0.4, 0.5) is 0 Å². The number of rotatable bonds is 4. The van der Waals surface area contributed by atoms with E-state index in [4.69, 9.17) is 0 Å². The molecule has 0 saturated carbocycles. The Bertz CT molecular complexity index is 806. The molecule has 0 amide bonds. The molecule has 0 aliphatic heterocycles. The van der Waals surface area contributed by atoms with Gasteiger partial charge in [0.25, 0.3) is 0 Å². The highest BCUT2D eigenvalue weighted by molar-refractivity contribution is 5.86. The van der Waals surface area contributed by atoms with Crippen LogP contribution in [0, 0.1) is 12.3 Å². The smallest absolute Gasteiger partial charge is 0.0114 e. The van der Waals surface area contributed by atoms with E-state index in [1.54, 1.807) is 11.1 Å². The van der Waals surface area contributed by atoms with Crippen LogP contribution < -0.4 is 0 Å². The summed E-state index contributed by atoms with van der Waals surface area (Å²) in [5, 5.41) is 0. The third kappa shape index (κ3) is 6.59. The van der Waals surface area contributed by atoms with Gasteiger partial charge in [-0.05, 0) is 65.8 Å². The average Bonchev–Trinajstić information content (AvgIpc) is 2.84. The summed E-state index contributed by atoms with van der Waals surface area (Å²) >= 11 is 0. The molecule has 158 valence electrons. The molecule has 0 atom stereocenters. The fourth-order valence-corrected chi connectivity index (χ4v) is 3.90. The predicted molar refractivity (Wildman–Crippen MR) is 131 cm³/mol. The summed E-state index contributed by atoms with van der Waals surface area (Å²) < 4.78 is 0. The molecule has 1 aliphatic rings. The van der Waals surface area contributed by atoms with Crippen molar-refractivity contribution in [3.63, 3.8) is 0 Å². The van der Waals surface area contributed by atoms with Crippen LogP contribution >= 0.6 is 0 Å². The molecule has 0 N–H and O–H groups in total. The second-order valence-electron chi connectivity index (χ2n) is 9.71. The molecule has 0 nitrogen and oxygen atoms in total. The SMILES string of the molecule is CCC(C)(C)C.CCCC(CCC)=C1c2ccccc2CCc2ccc(C)cc21. The summed E-state index contributed by atoms with van der Waals surface area (Å²) in [6.45, 7) is 15.8. The van der Waals surface area contributed by atoms with Crippen molar-refractivity contribution in [2.24, 2.45) is 5.41 Å². The summed E-state index contributed by atoms with van der Waals surface area (Å²) in [4.78, 5) is 0. The highest BCUT2D eigenvalue weighted by Gasteiger charge is 2.20. The van der Waals surface area contributed by atoms with Crippen LogP contribution in [0.15, 0.2) is 48.0 Å². The van der Waals surface area contributed by atoms with Crippen molar-refractivity contribution < 1.29 is 0 Å². The predicted octanol–water partition coefficient (Wildman–Crippen LogP) is 8.94. The van der Waals surface area contributed by atoms with Crippen molar-refractivity contribution in [1.29, 1.82) is 0 Å². The molecular formula is C29H42. The van der Waals surface area contributed by atoms with E-state index in [1.807, 2.05) is 0 Å². The van der Waals surface area contributed by atoms with Crippen molar-refractivity contribution >= 4 is 5.57 Å². The molecular weight excluding hydrogens is 348 g/mol. The van der Waals surface area contributed by atoms with E-state index in [0.717, 1.165) is 12.8 Å². The van der Waals surface area contributed by atoms with Gasteiger partial charge in [-0.1, -0.05) is 114 Å². The van der Waals surface area contributed by atoms with Gasteiger partial charge in [0.05, 0.1) is 0 Å². The third-order valence-corrected chi connectivity index (χ3v) is 6.00. The first-order valence-electron chi connectivity index (χ1n) is 11.7. The highest BCUT2D eigenvalue weighted by atomic mass is 14.2. The fraction of sp³-hybridized carbons (Fsp3) is 0.517. The molecule has 0 radical (unpaired) electrons. The van der Waals surface area contributed by atoms with Crippen LogP contribution in [0.3, 0.4) is 0 Å². The van der Waals surface area contributed by atoms with E-state index in [-0.39, 0.29) is 0 Å². The van der Waals surface area contributed by atoms with Gasteiger partial charge in [0.15, 0.2) is 0 Å². The summed E-state index contributed by atoms with van der Waals surface area (Å²) in [6, 6.07) is 16.1. The second kappa shape index (κ2) is 10.8. The van der Waals surface area contributed by atoms with Gasteiger partial charge in [-0.15, -0.1) is 0 Å². The molecule has 0 heteroatoms. The van der Waals surface area contributed by atoms with Crippen LogP contribution in [-0.2, 0) is 12.8 Å². The second-order valence-corrected chi connectivity index (χ2v) is 9.71. The third-order valence-electron chi connectivity index (χ3n) is 6.00. The Kier molecular flexibility index (Phi) is 8.75. The van der Waals surface area contributed by atoms with Crippen molar-refractivity contribution in [1.82, 2.24) is 0 Å². The van der Waals surface area contributed by atoms with Gasteiger partial charge >= 0.3 is 0 Å². The number of aryl methyl sites for hydroxylation is 3. The number of allylic oxidation sites excluding steroid dienone is 1. The lowest BCUT2D eigenvalue weighted by molar-refractivity contribution is 0.398. The van der Waals surface area contributed by atoms with Crippen LogP contribution in [0.5, 0.6) is 0 Å². The minimum Gasteiger partial charge on any atom is -0.0651 e. The quantitative estimate of drug-likeness (QED) is 0.488. The van der Waals surface area contributed by atoms with Crippen molar-refractivity contribution in [2.45, 2.75) is 93.4 Å². The average molecular weight is 391 g/mol. The van der Waals surface area contributed by atoms with E-state index in [0.29, 0.717) is 5.41 Å². The minimum atomic E-state index is 0.542. The van der Waals surface area contributed by atoms with E-state index >= 15 is 0 Å². The minimum absolute atomic E-state index is 0.542. The molecule has 29 heavy (non-hydrogen) atoms. The summed E-state index contributed by atoms with van der Waals surface area (Å²) in [6.07, 6.45) is 8.45. The van der Waals surface area contributed by atoms with Crippen molar-refractivity contribution in [3.05, 3.63) is 75.9 Å². The van der Waals surface area contributed by atoms with Crippen LogP contribution in [0.1, 0.15) is 101 Å². The molecule has 0 saturated heterocycles. The van der Waals surface area contributed by atoms with E-state index in [9.17, 15) is 0 Å². The van der Waals surface area contributed by atoms with Gasteiger partial charge in [0, 0.05) is 0 Å². The highest BCUT2D eigenvalue weighted by Crippen LogP contribution is 2.38. The van der Waals surface area contributed by atoms with Gasteiger partial charge < -0.3 is 0 Å². The van der Waals surface area contributed by atoms with Crippen molar-refractivity contribution in [3.8, 4) is 0 Å². The maximum absolute atomic E-state index is 2.41. The number of hydrogen-bond donors (Lipinski definition) is 0. The lowest BCUT2D eigenvalue weighted by atomic mass is 9.86. The Labute approximate surface area is 180 Å². The lowest BCUT2D eigenvalue weighted by Gasteiger charge is -2.18. The van der Waals surface area contributed by atoms with Crippen LogP contribution in [0.2, 0.25) is 0 Å². The molecule has 0 heterocycles. The van der Waals surface area contributed by atoms with Crippen LogP contribution in [-0.4, -0.2) is 0 Å². The normalized spacial score (nSPS) is 13.0. The van der Waals surface area contributed by atoms with Crippen molar-refractivity contribution in [2.75, 3.05) is 0 Å². The zero-order chi connectivity index (χ0) is 21.4. The number of fused-ring (bicyclic) bond motifs is 2. The Hall–Kier alpha value is -1.82. The van der Waals surface area contributed by atoms with Gasteiger partial charge in [-0.3, -0.25) is 0 Å². The number of benzene rings is 2. The van der Waals surface area contributed by atoms with E-state index in [1.165, 1.54) is 59.9 Å². The molecule has 2 aromatic rings. The van der Waals surface area contributed by atoms with Gasteiger partial charge in [-0.2, -0.15) is 0 Å². The lowest BCUT2D eigenvalue weighted by Crippen LogP contribution is -2.00. The summed E-state index contributed by atoms with van der Waals surface area (Å²) in [5.41, 5.74) is 11.1. The zero-order valence-corrected chi connectivity index (χ0v) is 20.0. The Morgan fingerprint density at radius 1 is 0.793 bits per heavy atom.